The van der Waals surface area contributed by atoms with Gasteiger partial charge >= 0.3 is 0 Å². The molecule has 1 aromatic carbocycles. The smallest absolute Gasteiger partial charge is 0.255 e. The topological polar surface area (TPSA) is 49.3 Å². The number of para-hydroxylation sites is 1. The van der Waals surface area contributed by atoms with Crippen molar-refractivity contribution in [3.8, 4) is 5.75 Å². The van der Waals surface area contributed by atoms with Gasteiger partial charge in [0.05, 0.1) is 33.3 Å². The molecule has 0 aliphatic carbocycles. The van der Waals surface area contributed by atoms with Gasteiger partial charge in [-0.1, -0.05) is 12.1 Å². The molecule has 0 bridgehead atoms. The molecule has 0 saturated carbocycles. The Labute approximate surface area is 126 Å². The number of hydrogen-bond donors (Lipinski definition) is 2. The molecule has 1 amide bonds. The second-order valence-electron chi connectivity index (χ2n) is 5.14. The maximum Gasteiger partial charge on any atom is 0.255 e. The van der Waals surface area contributed by atoms with Crippen molar-refractivity contribution in [3.63, 3.8) is 0 Å². The molecule has 5 heteroatoms. The summed E-state index contributed by atoms with van der Waals surface area (Å²) in [5.41, 5.74) is 0.331. The van der Waals surface area contributed by atoms with Gasteiger partial charge < -0.3 is 38.9 Å². The second kappa shape index (κ2) is 7.58. The van der Waals surface area contributed by atoms with Crippen LogP contribution in [0.15, 0.2) is 24.3 Å². The van der Waals surface area contributed by atoms with Crippen molar-refractivity contribution < 1.29 is 38.4 Å². The number of carbonyl (C=O) groups is 1. The number of halogens is 1. The van der Waals surface area contributed by atoms with Gasteiger partial charge in [-0.2, -0.15) is 0 Å². The lowest BCUT2D eigenvalue weighted by Gasteiger charge is -2.23. The highest BCUT2D eigenvalue weighted by atomic mass is 127. The molecule has 0 spiro atoms. The molecule has 0 aliphatic rings. The number of benzene rings is 1. The fraction of sp³-hybridized carbons (Fsp3) is 0.462. The third-order valence-corrected chi connectivity index (χ3v) is 2.44. The zero-order chi connectivity index (χ0) is 12.9. The van der Waals surface area contributed by atoms with Crippen LogP contribution in [0.25, 0.3) is 0 Å². The Morgan fingerprint density at radius 2 is 1.89 bits per heavy atom. The number of carbonyl (C=O) groups excluding carboxylic acids is 1. The summed E-state index contributed by atoms with van der Waals surface area (Å²) >= 11 is 0. The monoisotopic (exact) mass is 364 g/mol. The maximum atomic E-state index is 11.7. The molecule has 0 unspecified atom stereocenters. The van der Waals surface area contributed by atoms with Crippen LogP contribution < -0.4 is 29.3 Å². The molecule has 0 heterocycles. The second-order valence-corrected chi connectivity index (χ2v) is 5.14. The summed E-state index contributed by atoms with van der Waals surface area (Å²) in [7, 11) is 6.35. The number of nitrogens with zero attached hydrogens (tertiary/aromatic N) is 1. The van der Waals surface area contributed by atoms with E-state index in [-0.39, 0.29) is 35.6 Å². The average Bonchev–Trinajstić information content (AvgIpc) is 2.23. The van der Waals surface area contributed by atoms with E-state index < -0.39 is 0 Å². The molecule has 0 saturated heterocycles. The van der Waals surface area contributed by atoms with E-state index in [0.717, 1.165) is 17.4 Å². The van der Waals surface area contributed by atoms with Gasteiger partial charge in [0.1, 0.15) is 5.75 Å². The van der Waals surface area contributed by atoms with E-state index in [0.29, 0.717) is 12.1 Å². The first-order chi connectivity index (χ1) is 7.90. The lowest BCUT2D eigenvalue weighted by atomic mass is 10.2. The van der Waals surface area contributed by atoms with Crippen molar-refractivity contribution in [1.82, 2.24) is 5.32 Å². The minimum atomic E-state index is -0.218. The van der Waals surface area contributed by atoms with Gasteiger partial charge in [0.25, 0.3) is 5.91 Å². The van der Waals surface area contributed by atoms with E-state index in [4.69, 9.17) is 0 Å². The Morgan fingerprint density at radius 3 is 2.44 bits per heavy atom. The number of nitrogens with one attached hydrogen (secondary N) is 1. The summed E-state index contributed by atoms with van der Waals surface area (Å²) in [5.74, 6) is -0.193. The van der Waals surface area contributed by atoms with Crippen molar-refractivity contribution in [2.45, 2.75) is 6.42 Å². The van der Waals surface area contributed by atoms with E-state index in [1.165, 1.54) is 6.07 Å². The zero-order valence-corrected chi connectivity index (χ0v) is 13.3. The Balaban J connectivity index is 0.00000289. The van der Waals surface area contributed by atoms with Gasteiger partial charge in [0, 0.05) is 13.0 Å². The van der Waals surface area contributed by atoms with Crippen LogP contribution in [-0.2, 0) is 0 Å². The minimum absolute atomic E-state index is 0. The number of rotatable bonds is 5. The van der Waals surface area contributed by atoms with Crippen LogP contribution in [0.5, 0.6) is 5.75 Å². The first-order valence-corrected chi connectivity index (χ1v) is 5.77. The molecule has 102 valence electrons. The quantitative estimate of drug-likeness (QED) is 0.369. The number of hydrogen-bond acceptors (Lipinski definition) is 2. The van der Waals surface area contributed by atoms with E-state index in [2.05, 4.69) is 26.5 Å². The molecule has 0 radical (unpaired) electrons. The van der Waals surface area contributed by atoms with Crippen LogP contribution in [0, 0.1) is 0 Å². The van der Waals surface area contributed by atoms with Crippen molar-refractivity contribution >= 4 is 5.91 Å². The molecule has 4 nitrogen and oxygen atoms in total. The normalized spacial score (nSPS) is 10.6. The van der Waals surface area contributed by atoms with Gasteiger partial charge in [-0.3, -0.25) is 4.79 Å². The van der Waals surface area contributed by atoms with Gasteiger partial charge in [0.2, 0.25) is 0 Å². The Hall–Kier alpha value is -0.820. The number of aromatic hydroxyl groups is 1. The average molecular weight is 364 g/mol. The summed E-state index contributed by atoms with van der Waals surface area (Å²) < 4.78 is 0.881. The Kier molecular flexibility index (Phi) is 7.23. The van der Waals surface area contributed by atoms with Gasteiger partial charge in [-0.15, -0.1) is 0 Å². The van der Waals surface area contributed by atoms with Gasteiger partial charge in [-0.05, 0) is 12.1 Å². The van der Waals surface area contributed by atoms with E-state index in [9.17, 15) is 9.90 Å². The SMILES string of the molecule is C[N+](C)(C)CCCNC(=O)c1ccccc1O.[I-]. The molecule has 18 heavy (non-hydrogen) atoms. The summed E-state index contributed by atoms with van der Waals surface area (Å²) in [6, 6.07) is 6.56. The largest absolute Gasteiger partial charge is 1.00 e. The first kappa shape index (κ1) is 17.2. The third kappa shape index (κ3) is 6.20. The summed E-state index contributed by atoms with van der Waals surface area (Å²) in [6.07, 6.45) is 0.919. The van der Waals surface area contributed by atoms with Gasteiger partial charge in [-0.25, -0.2) is 0 Å². The Bertz CT molecular complexity index is 389. The maximum absolute atomic E-state index is 11.7. The highest BCUT2D eigenvalue weighted by Crippen LogP contribution is 2.14. The van der Waals surface area contributed by atoms with E-state index in [1.54, 1.807) is 18.2 Å². The molecule has 0 atom stereocenters. The number of amides is 1. The fourth-order valence-corrected chi connectivity index (χ4v) is 1.52. The molecule has 1 aromatic rings. The Morgan fingerprint density at radius 1 is 1.28 bits per heavy atom. The van der Waals surface area contributed by atoms with Crippen LogP contribution in [0.3, 0.4) is 0 Å². The predicted molar refractivity (Wildman–Crippen MR) is 68.0 cm³/mol. The molecular formula is C13H21IN2O2. The van der Waals surface area contributed by atoms with Crippen molar-refractivity contribution in [1.29, 1.82) is 0 Å². The number of quaternary nitrogens is 1. The van der Waals surface area contributed by atoms with Crippen LogP contribution in [-0.4, -0.2) is 49.7 Å². The van der Waals surface area contributed by atoms with Crippen molar-refractivity contribution in [2.75, 3.05) is 34.2 Å². The molecule has 0 aromatic heterocycles. The third-order valence-electron chi connectivity index (χ3n) is 2.44. The number of phenols is 1. The van der Waals surface area contributed by atoms with Crippen LogP contribution in [0.4, 0.5) is 0 Å². The van der Waals surface area contributed by atoms with Gasteiger partial charge in [0.15, 0.2) is 0 Å². The molecule has 1 rings (SSSR count). The lowest BCUT2D eigenvalue weighted by molar-refractivity contribution is -0.870. The molecule has 0 aliphatic heterocycles. The zero-order valence-electron chi connectivity index (χ0n) is 11.1. The van der Waals surface area contributed by atoms with Crippen molar-refractivity contribution in [2.24, 2.45) is 0 Å². The summed E-state index contributed by atoms with van der Waals surface area (Å²) in [5, 5.41) is 12.3. The fourth-order valence-electron chi connectivity index (χ4n) is 1.52. The lowest BCUT2D eigenvalue weighted by Crippen LogP contribution is -3.00. The summed E-state index contributed by atoms with van der Waals surface area (Å²) in [4.78, 5) is 11.7. The van der Waals surface area contributed by atoms with Crippen LogP contribution >= 0.6 is 0 Å². The highest BCUT2D eigenvalue weighted by molar-refractivity contribution is 5.96. The predicted octanol–water partition coefficient (Wildman–Crippen LogP) is -1.78. The van der Waals surface area contributed by atoms with E-state index in [1.807, 2.05) is 0 Å². The van der Waals surface area contributed by atoms with Crippen LogP contribution in [0.2, 0.25) is 0 Å². The number of phenolic OH excluding ortho intramolecular Hbond substituents is 1. The molecule has 2 N–H and O–H groups in total. The highest BCUT2D eigenvalue weighted by Gasteiger charge is 2.10. The molecule has 0 fully saturated rings. The minimum Gasteiger partial charge on any atom is -1.00 e. The first-order valence-electron chi connectivity index (χ1n) is 5.77. The van der Waals surface area contributed by atoms with Crippen LogP contribution in [0.1, 0.15) is 16.8 Å². The molecular weight excluding hydrogens is 343 g/mol. The van der Waals surface area contributed by atoms with Crippen molar-refractivity contribution in [3.05, 3.63) is 29.8 Å². The summed E-state index contributed by atoms with van der Waals surface area (Å²) in [6.45, 7) is 1.63. The van der Waals surface area contributed by atoms with E-state index >= 15 is 0 Å². The standard InChI is InChI=1S/C13H20N2O2.HI/c1-15(2,3)10-6-9-14-13(17)11-7-4-5-8-12(11)16;/h4-5,7-8H,6,9-10H2,1-3H3,(H-,14,16,17);1H.